The number of amides is 1. The van der Waals surface area contributed by atoms with Gasteiger partial charge in [0, 0.05) is 16.4 Å². The van der Waals surface area contributed by atoms with Gasteiger partial charge in [0.05, 0.1) is 6.04 Å². The first-order valence-electron chi connectivity index (χ1n) is 9.15. The first-order valence-corrected chi connectivity index (χ1v) is 9.62. The van der Waals surface area contributed by atoms with Crippen LogP contribution in [0.4, 0.5) is 0 Å². The molecule has 2 rings (SSSR count). The Morgan fingerprint density at radius 1 is 0.893 bits per heavy atom. The molecule has 2 aromatic carbocycles. The van der Waals surface area contributed by atoms with Crippen LogP contribution in [0.5, 0.6) is 5.75 Å². The van der Waals surface area contributed by atoms with E-state index >= 15 is 0 Å². The lowest BCUT2D eigenvalue weighted by Gasteiger charge is -2.26. The van der Waals surface area contributed by atoms with Crippen molar-refractivity contribution in [1.29, 1.82) is 0 Å². The smallest absolute Gasteiger partial charge is 0.343 e. The van der Waals surface area contributed by atoms with E-state index in [1.54, 1.807) is 0 Å². The molecule has 0 spiro atoms. The number of ether oxygens (including phenoxy) is 1. The van der Waals surface area contributed by atoms with Gasteiger partial charge in [-0.15, -0.1) is 0 Å². The van der Waals surface area contributed by atoms with Crippen molar-refractivity contribution in [2.75, 3.05) is 0 Å². The van der Waals surface area contributed by atoms with Gasteiger partial charge in [-0.3, -0.25) is 4.79 Å². The summed E-state index contributed by atoms with van der Waals surface area (Å²) < 4.78 is 11.2. The number of nitrogens with one attached hydrogen (secondary N) is 1. The molecule has 0 aliphatic heterocycles. The molecule has 0 saturated carbocycles. The third-order valence-corrected chi connectivity index (χ3v) is 5.63. The fourth-order valence-corrected chi connectivity index (χ4v) is 3.53. The Balaban J connectivity index is 2.41. The van der Waals surface area contributed by atoms with Gasteiger partial charge in [-0.1, -0.05) is 30.3 Å². The normalized spacial score (nSPS) is 13.0. The number of rotatable bonds is 6. The summed E-state index contributed by atoms with van der Waals surface area (Å²) in [5.41, 5.74) is 5.98. The Bertz CT molecular complexity index is 851. The second-order valence-electron chi connectivity index (χ2n) is 7.02. The minimum Gasteiger partial charge on any atom is -0.424 e. The highest BCUT2D eigenvalue weighted by Gasteiger charge is 2.33. The van der Waals surface area contributed by atoms with E-state index in [2.05, 4.69) is 21.7 Å². The van der Waals surface area contributed by atoms with Gasteiger partial charge in [-0.2, -0.15) is 0 Å². The minimum atomic E-state index is -1.02. The fourth-order valence-electron chi connectivity index (χ4n) is 3.26. The van der Waals surface area contributed by atoms with Crippen molar-refractivity contribution in [1.82, 2.24) is 5.32 Å². The van der Waals surface area contributed by atoms with E-state index in [0.717, 1.165) is 27.8 Å². The molecule has 0 saturated heterocycles. The molecule has 1 N–H and O–H groups in total. The van der Waals surface area contributed by atoms with Gasteiger partial charge in [0.2, 0.25) is 5.91 Å². The predicted molar refractivity (Wildman–Crippen MR) is 113 cm³/mol. The van der Waals surface area contributed by atoms with Gasteiger partial charge < -0.3 is 14.6 Å². The Morgan fingerprint density at radius 2 is 1.39 bits per heavy atom. The first kappa shape index (κ1) is 22.1. The van der Waals surface area contributed by atoms with E-state index in [0.29, 0.717) is 5.75 Å². The largest absolute Gasteiger partial charge is 0.424 e. The molecule has 0 radical (unpaired) electrons. The van der Waals surface area contributed by atoms with E-state index in [1.165, 1.54) is 12.5 Å². The number of benzene rings is 2. The zero-order valence-corrected chi connectivity index (χ0v) is 18.4. The number of carbonyl (C=O) groups is 2. The van der Waals surface area contributed by atoms with Crippen LogP contribution in [0.15, 0.2) is 30.3 Å². The van der Waals surface area contributed by atoms with E-state index in [-0.39, 0.29) is 5.91 Å². The van der Waals surface area contributed by atoms with Crippen LogP contribution in [0.2, 0.25) is 0 Å². The monoisotopic (exact) mass is 401 g/mol. The average Bonchev–Trinajstić information content (AvgIpc) is 2.68. The third kappa shape index (κ3) is 4.60. The summed E-state index contributed by atoms with van der Waals surface area (Å²) in [5.74, 6) is -0.276. The number of carbonyl (C=O) groups excluding carboxylic acids is 2. The quantitative estimate of drug-likeness (QED) is 0.448. The van der Waals surface area contributed by atoms with Crippen LogP contribution in [0.3, 0.4) is 0 Å². The fraction of sp³-hybridized carbons (Fsp3) is 0.364. The maximum atomic E-state index is 13.0. The molecule has 0 heterocycles. The predicted octanol–water partition coefficient (Wildman–Crippen LogP) is 4.19. The maximum absolute atomic E-state index is 13.0. The molecule has 28 heavy (non-hydrogen) atoms. The average molecular weight is 401 g/mol. The van der Waals surface area contributed by atoms with Crippen LogP contribution in [0.25, 0.3) is 0 Å². The SMILES string of the molecule is CC(=O)NC(c1ccccc1)C(OP)C(=O)Oc1c(C)c(C)c(C)c(C)c1C. The molecule has 3 atom stereocenters. The molecule has 0 aromatic heterocycles. The van der Waals surface area contributed by atoms with Crippen molar-refractivity contribution in [3.63, 3.8) is 0 Å². The topological polar surface area (TPSA) is 64.6 Å². The van der Waals surface area contributed by atoms with Crippen molar-refractivity contribution in [2.45, 2.75) is 53.7 Å². The molecule has 3 unspecified atom stereocenters. The molecule has 150 valence electrons. The van der Waals surface area contributed by atoms with Crippen molar-refractivity contribution >= 4 is 21.3 Å². The van der Waals surface area contributed by atoms with Crippen LogP contribution in [-0.4, -0.2) is 18.0 Å². The zero-order valence-electron chi connectivity index (χ0n) is 17.3. The highest BCUT2D eigenvalue weighted by Crippen LogP contribution is 2.33. The maximum Gasteiger partial charge on any atom is 0.343 e. The van der Waals surface area contributed by atoms with Gasteiger partial charge in [-0.05, 0) is 68.0 Å². The highest BCUT2D eigenvalue weighted by molar-refractivity contribution is 7.09. The van der Waals surface area contributed by atoms with Gasteiger partial charge in [-0.25, -0.2) is 4.79 Å². The molecule has 0 aliphatic carbocycles. The van der Waals surface area contributed by atoms with Crippen LogP contribution in [-0.2, 0) is 14.1 Å². The Hall–Kier alpha value is -2.23. The van der Waals surface area contributed by atoms with Gasteiger partial charge in [0.15, 0.2) is 6.10 Å². The van der Waals surface area contributed by atoms with Crippen LogP contribution in [0.1, 0.15) is 46.3 Å². The number of hydrogen-bond acceptors (Lipinski definition) is 4. The second kappa shape index (κ2) is 9.31. The molecule has 0 aliphatic rings. The lowest BCUT2D eigenvalue weighted by Crippen LogP contribution is -2.41. The summed E-state index contributed by atoms with van der Waals surface area (Å²) in [6, 6.07) is 8.56. The van der Waals surface area contributed by atoms with Crippen molar-refractivity contribution < 1.29 is 18.8 Å². The molecule has 6 heteroatoms. The summed E-state index contributed by atoms with van der Waals surface area (Å²) in [7, 11) is 2.11. The summed E-state index contributed by atoms with van der Waals surface area (Å²) in [5, 5.41) is 2.80. The summed E-state index contributed by atoms with van der Waals surface area (Å²) in [6.07, 6.45) is -1.02. The molecular weight excluding hydrogens is 373 g/mol. The van der Waals surface area contributed by atoms with Crippen molar-refractivity contribution in [3.05, 3.63) is 63.7 Å². The second-order valence-corrected chi connectivity index (χ2v) is 7.29. The summed E-state index contributed by atoms with van der Waals surface area (Å²) >= 11 is 0. The highest BCUT2D eigenvalue weighted by atomic mass is 31.0. The Morgan fingerprint density at radius 3 is 1.86 bits per heavy atom. The lowest BCUT2D eigenvalue weighted by molar-refractivity contribution is -0.143. The van der Waals surface area contributed by atoms with Crippen LogP contribution >= 0.6 is 9.47 Å². The van der Waals surface area contributed by atoms with Crippen molar-refractivity contribution in [2.24, 2.45) is 0 Å². The van der Waals surface area contributed by atoms with Crippen molar-refractivity contribution in [3.8, 4) is 5.75 Å². The Kier molecular flexibility index (Phi) is 7.34. The van der Waals surface area contributed by atoms with Gasteiger partial charge in [0.1, 0.15) is 5.75 Å². The molecule has 1 amide bonds. The molecule has 0 fully saturated rings. The standard InChI is InChI=1S/C22H28NO4P/c1-12-13(2)15(4)20(16(5)14(12)3)26-22(25)21(27-28)19(23-17(6)24)18-10-8-7-9-11-18/h7-11,19,21H,28H2,1-6H3,(H,23,24). The van der Waals surface area contributed by atoms with E-state index in [1.807, 2.05) is 58.0 Å². The van der Waals surface area contributed by atoms with Crippen LogP contribution in [0, 0.1) is 34.6 Å². The lowest BCUT2D eigenvalue weighted by atomic mass is 9.94. The van der Waals surface area contributed by atoms with E-state index in [4.69, 9.17) is 9.26 Å². The number of esters is 1. The minimum absolute atomic E-state index is 0.261. The zero-order chi connectivity index (χ0) is 21.0. The summed E-state index contributed by atoms with van der Waals surface area (Å²) in [6.45, 7) is 11.4. The molecule has 0 bridgehead atoms. The third-order valence-electron chi connectivity index (χ3n) is 5.33. The first-order chi connectivity index (χ1) is 13.2. The van der Waals surface area contributed by atoms with Crippen LogP contribution < -0.4 is 10.1 Å². The number of hydrogen-bond donors (Lipinski definition) is 1. The van der Waals surface area contributed by atoms with Gasteiger partial charge in [0.25, 0.3) is 0 Å². The summed E-state index contributed by atoms with van der Waals surface area (Å²) in [4.78, 5) is 24.8. The Labute approximate surface area is 169 Å². The molecule has 2 aromatic rings. The molecular formula is C22H28NO4P. The van der Waals surface area contributed by atoms with E-state index in [9.17, 15) is 9.59 Å². The van der Waals surface area contributed by atoms with E-state index < -0.39 is 18.1 Å². The van der Waals surface area contributed by atoms with Gasteiger partial charge >= 0.3 is 5.97 Å². The molecule has 5 nitrogen and oxygen atoms in total.